The molecule has 0 bridgehead atoms. The molecule has 1 fully saturated rings. The molecule has 2 aromatic rings. The molecule has 0 spiro atoms. The molecule has 3 rings (SSSR count). The van der Waals surface area contributed by atoms with E-state index < -0.39 is 0 Å². The van der Waals surface area contributed by atoms with Gasteiger partial charge in [-0.25, -0.2) is 9.97 Å². The smallest absolute Gasteiger partial charge is 0.160 e. The first-order valence-corrected chi connectivity index (χ1v) is 7.17. The predicted octanol–water partition coefficient (Wildman–Crippen LogP) is 3.49. The van der Waals surface area contributed by atoms with Gasteiger partial charge in [-0.2, -0.15) is 0 Å². The lowest BCUT2D eigenvalue weighted by Gasteiger charge is -2.06. The van der Waals surface area contributed by atoms with E-state index >= 15 is 0 Å². The molecule has 18 heavy (non-hydrogen) atoms. The van der Waals surface area contributed by atoms with E-state index in [1.54, 1.807) is 0 Å². The summed E-state index contributed by atoms with van der Waals surface area (Å²) in [7, 11) is 0. The Morgan fingerprint density at radius 1 is 1.50 bits per heavy atom. The number of aryl methyl sites for hydroxylation is 2. The molecule has 0 amide bonds. The highest BCUT2D eigenvalue weighted by Crippen LogP contribution is 2.47. The first-order chi connectivity index (χ1) is 8.74. The van der Waals surface area contributed by atoms with Crippen molar-refractivity contribution in [2.45, 2.75) is 39.2 Å². The summed E-state index contributed by atoms with van der Waals surface area (Å²) in [5.74, 6) is 2.50. The van der Waals surface area contributed by atoms with E-state index in [9.17, 15) is 0 Å². The molecule has 2 aromatic heterocycles. The van der Waals surface area contributed by atoms with Gasteiger partial charge in [0.2, 0.25) is 0 Å². The van der Waals surface area contributed by atoms with Crippen LogP contribution in [0.15, 0.2) is 12.3 Å². The third-order valence-electron chi connectivity index (χ3n) is 3.80. The quantitative estimate of drug-likeness (QED) is 0.791. The van der Waals surface area contributed by atoms with E-state index in [1.807, 2.05) is 6.20 Å². The number of nitrogens with zero attached hydrogens (tertiary/aromatic N) is 3. The second kappa shape index (κ2) is 4.54. The van der Waals surface area contributed by atoms with Crippen LogP contribution in [-0.4, -0.2) is 20.4 Å². The van der Waals surface area contributed by atoms with Gasteiger partial charge in [0.25, 0.3) is 0 Å². The van der Waals surface area contributed by atoms with Gasteiger partial charge in [-0.1, -0.05) is 13.3 Å². The zero-order valence-electron chi connectivity index (χ0n) is 10.9. The summed E-state index contributed by atoms with van der Waals surface area (Å²) in [6, 6.07) is 2.70. The highest BCUT2D eigenvalue weighted by Gasteiger charge is 2.39. The minimum absolute atomic E-state index is 0.591. The summed E-state index contributed by atoms with van der Waals surface area (Å²) in [6.45, 7) is 4.31. The fourth-order valence-corrected chi connectivity index (χ4v) is 2.89. The number of alkyl halides is 1. The van der Waals surface area contributed by atoms with Crippen LogP contribution in [0, 0.1) is 12.8 Å². The van der Waals surface area contributed by atoms with Gasteiger partial charge < -0.3 is 4.57 Å². The maximum atomic E-state index is 5.89. The van der Waals surface area contributed by atoms with Crippen molar-refractivity contribution in [2.24, 2.45) is 5.92 Å². The average molecular weight is 264 g/mol. The molecule has 1 aliphatic carbocycles. The van der Waals surface area contributed by atoms with Crippen molar-refractivity contribution < 1.29 is 0 Å². The molecule has 0 N–H and O–H groups in total. The number of aromatic nitrogens is 3. The molecule has 0 aromatic carbocycles. The Labute approximate surface area is 112 Å². The summed E-state index contributed by atoms with van der Waals surface area (Å²) in [5.41, 5.74) is 3.20. The minimum Gasteiger partial charge on any atom is -0.309 e. The van der Waals surface area contributed by atoms with Crippen LogP contribution in [-0.2, 0) is 6.42 Å². The number of fused-ring (bicyclic) bond motifs is 1. The van der Waals surface area contributed by atoms with Crippen LogP contribution in [0.3, 0.4) is 0 Å². The third-order valence-corrected chi connectivity index (χ3v) is 3.99. The summed E-state index contributed by atoms with van der Waals surface area (Å²) >= 11 is 5.89. The monoisotopic (exact) mass is 263 g/mol. The third kappa shape index (κ3) is 1.91. The molecular formula is C14H18ClN3. The molecule has 2 unspecified atom stereocenters. The lowest BCUT2D eigenvalue weighted by molar-refractivity contribution is 0.625. The van der Waals surface area contributed by atoms with Crippen LogP contribution in [0.25, 0.3) is 11.2 Å². The Bertz CT molecular complexity index is 576. The van der Waals surface area contributed by atoms with E-state index in [0.29, 0.717) is 11.9 Å². The standard InChI is InChI=1S/C14H18ClN3/c1-3-10-7-12(10)18-13(4-5-15)17-11-6-9(2)8-16-14(11)18/h6,8,10,12H,3-5,7H2,1-2H3. The van der Waals surface area contributed by atoms with Crippen molar-refractivity contribution in [3.8, 4) is 0 Å². The maximum Gasteiger partial charge on any atom is 0.160 e. The van der Waals surface area contributed by atoms with Gasteiger partial charge in [0.15, 0.2) is 5.65 Å². The molecule has 2 atom stereocenters. The van der Waals surface area contributed by atoms with Gasteiger partial charge in [-0.15, -0.1) is 11.6 Å². The minimum atomic E-state index is 0.591. The van der Waals surface area contributed by atoms with E-state index in [2.05, 4.69) is 29.5 Å². The molecular weight excluding hydrogens is 246 g/mol. The average Bonchev–Trinajstić information content (AvgIpc) is 3.04. The molecule has 96 valence electrons. The fourth-order valence-electron chi connectivity index (χ4n) is 2.73. The maximum absolute atomic E-state index is 5.89. The van der Waals surface area contributed by atoms with E-state index in [1.165, 1.54) is 12.8 Å². The van der Waals surface area contributed by atoms with Crippen molar-refractivity contribution >= 4 is 22.8 Å². The topological polar surface area (TPSA) is 30.7 Å². The molecule has 0 aliphatic heterocycles. The highest BCUT2D eigenvalue weighted by atomic mass is 35.5. The zero-order chi connectivity index (χ0) is 12.7. The summed E-state index contributed by atoms with van der Waals surface area (Å²) in [4.78, 5) is 9.28. The molecule has 0 radical (unpaired) electrons. The summed E-state index contributed by atoms with van der Waals surface area (Å²) < 4.78 is 2.32. The SMILES string of the molecule is CCC1CC1n1c(CCCl)nc2cc(C)cnc21. The zero-order valence-corrected chi connectivity index (χ0v) is 11.6. The Balaban J connectivity index is 2.10. The van der Waals surface area contributed by atoms with Crippen molar-refractivity contribution in [1.82, 2.24) is 14.5 Å². The molecule has 0 saturated heterocycles. The van der Waals surface area contributed by atoms with Gasteiger partial charge in [0.1, 0.15) is 11.3 Å². The van der Waals surface area contributed by atoms with Gasteiger partial charge in [0.05, 0.1) is 0 Å². The Kier molecular flexibility index (Phi) is 3.02. The highest BCUT2D eigenvalue weighted by molar-refractivity contribution is 6.17. The van der Waals surface area contributed by atoms with Crippen LogP contribution in [0.1, 0.15) is 37.2 Å². The number of imidazole rings is 1. The van der Waals surface area contributed by atoms with E-state index in [0.717, 1.165) is 34.9 Å². The lowest BCUT2D eigenvalue weighted by Crippen LogP contribution is -2.04. The fraction of sp³-hybridized carbons (Fsp3) is 0.571. The van der Waals surface area contributed by atoms with Crippen molar-refractivity contribution in [3.63, 3.8) is 0 Å². The van der Waals surface area contributed by atoms with E-state index in [4.69, 9.17) is 16.6 Å². The van der Waals surface area contributed by atoms with Gasteiger partial charge in [-0.3, -0.25) is 0 Å². The van der Waals surface area contributed by atoms with Gasteiger partial charge in [-0.05, 0) is 30.9 Å². The van der Waals surface area contributed by atoms with E-state index in [-0.39, 0.29) is 0 Å². The number of rotatable bonds is 4. The van der Waals surface area contributed by atoms with Crippen LogP contribution in [0.5, 0.6) is 0 Å². The second-order valence-corrected chi connectivity index (χ2v) is 5.54. The lowest BCUT2D eigenvalue weighted by atomic mass is 10.3. The van der Waals surface area contributed by atoms with Crippen LogP contribution in [0.4, 0.5) is 0 Å². The van der Waals surface area contributed by atoms with Crippen LogP contribution >= 0.6 is 11.6 Å². The largest absolute Gasteiger partial charge is 0.309 e. The number of pyridine rings is 1. The molecule has 2 heterocycles. The normalized spacial score (nSPS) is 22.6. The molecule has 1 saturated carbocycles. The Hall–Kier alpha value is -1.09. The first-order valence-electron chi connectivity index (χ1n) is 6.64. The number of halogens is 1. The van der Waals surface area contributed by atoms with Crippen LogP contribution in [0.2, 0.25) is 0 Å². The predicted molar refractivity (Wildman–Crippen MR) is 74.1 cm³/mol. The van der Waals surface area contributed by atoms with Crippen LogP contribution < -0.4 is 0 Å². The van der Waals surface area contributed by atoms with Crippen molar-refractivity contribution in [3.05, 3.63) is 23.7 Å². The molecule has 4 heteroatoms. The number of hydrogen-bond donors (Lipinski definition) is 0. The molecule has 1 aliphatic rings. The van der Waals surface area contributed by atoms with Gasteiger partial charge in [0, 0.05) is 24.5 Å². The van der Waals surface area contributed by atoms with Gasteiger partial charge >= 0.3 is 0 Å². The van der Waals surface area contributed by atoms with Crippen molar-refractivity contribution in [2.75, 3.05) is 5.88 Å². The molecule has 3 nitrogen and oxygen atoms in total. The second-order valence-electron chi connectivity index (χ2n) is 5.16. The number of hydrogen-bond acceptors (Lipinski definition) is 2. The summed E-state index contributed by atoms with van der Waals surface area (Å²) in [6.07, 6.45) is 5.24. The Morgan fingerprint density at radius 3 is 3.00 bits per heavy atom. The Morgan fingerprint density at radius 2 is 2.33 bits per heavy atom. The summed E-state index contributed by atoms with van der Waals surface area (Å²) in [5, 5.41) is 0. The van der Waals surface area contributed by atoms with Crippen molar-refractivity contribution in [1.29, 1.82) is 0 Å². The first kappa shape index (κ1) is 12.0.